The number of nitrogens with one attached hydrogen (secondary N) is 1. The average Bonchev–Trinajstić information content (AvgIpc) is 2.89. The van der Waals surface area contributed by atoms with Crippen molar-refractivity contribution in [1.29, 1.82) is 5.26 Å². The van der Waals surface area contributed by atoms with E-state index in [1.54, 1.807) is 0 Å². The van der Waals surface area contributed by atoms with Crippen molar-refractivity contribution in [2.75, 3.05) is 19.7 Å². The first-order valence-corrected chi connectivity index (χ1v) is 7.22. The lowest BCUT2D eigenvalue weighted by Crippen LogP contribution is -2.45. The second kappa shape index (κ2) is 6.08. The maximum atomic E-state index is 13.8. The molecule has 0 aliphatic carbocycles. The number of morpholine rings is 1. The van der Waals surface area contributed by atoms with Gasteiger partial charge in [0.05, 0.1) is 12.3 Å². The zero-order valence-electron chi connectivity index (χ0n) is 11.8. The molecular formula is C14H14ClFN4O2. The highest BCUT2D eigenvalue weighted by molar-refractivity contribution is 6.35. The Kier molecular flexibility index (Phi) is 4.16. The van der Waals surface area contributed by atoms with E-state index >= 15 is 0 Å². The molecule has 1 saturated heterocycles. The third kappa shape index (κ3) is 2.73. The van der Waals surface area contributed by atoms with Crippen molar-refractivity contribution >= 4 is 17.1 Å². The van der Waals surface area contributed by atoms with Gasteiger partial charge >= 0.3 is 0 Å². The number of rotatable bonds is 3. The number of nitrogens with zero attached hydrogens (tertiary/aromatic N) is 3. The Morgan fingerprint density at radius 1 is 1.64 bits per heavy atom. The number of halogens is 2. The van der Waals surface area contributed by atoms with Gasteiger partial charge in [0.15, 0.2) is 5.82 Å². The first-order chi connectivity index (χ1) is 10.6. The molecule has 0 saturated carbocycles. The number of nitriles is 1. The van der Waals surface area contributed by atoms with Crippen molar-refractivity contribution in [2.24, 2.45) is 0 Å². The molecule has 0 aromatic carbocycles. The largest absolute Gasteiger partial charge is 0.489 e. The van der Waals surface area contributed by atoms with E-state index in [1.165, 1.54) is 6.07 Å². The van der Waals surface area contributed by atoms with Gasteiger partial charge in [-0.2, -0.15) is 10.4 Å². The highest BCUT2D eigenvalue weighted by Gasteiger charge is 2.21. The molecule has 0 radical (unpaired) electrons. The number of hydrogen-bond acceptors (Lipinski definition) is 5. The van der Waals surface area contributed by atoms with E-state index in [-0.39, 0.29) is 40.8 Å². The third-order valence-corrected chi connectivity index (χ3v) is 3.78. The molecule has 0 unspecified atom stereocenters. The molecule has 3 heterocycles. The molecule has 0 amide bonds. The summed E-state index contributed by atoms with van der Waals surface area (Å²) in [5, 5.41) is 16.3. The third-order valence-electron chi connectivity index (χ3n) is 3.41. The van der Waals surface area contributed by atoms with E-state index in [1.807, 2.05) is 13.0 Å². The van der Waals surface area contributed by atoms with E-state index in [4.69, 9.17) is 26.3 Å². The molecule has 2 aromatic rings. The lowest BCUT2D eigenvalue weighted by molar-refractivity contribution is -0.0470. The van der Waals surface area contributed by atoms with Gasteiger partial charge in [-0.1, -0.05) is 11.6 Å². The molecule has 1 aliphatic rings. The van der Waals surface area contributed by atoms with Crippen molar-refractivity contribution in [1.82, 2.24) is 14.9 Å². The summed E-state index contributed by atoms with van der Waals surface area (Å²) in [5.74, 6) is -0.358. The van der Waals surface area contributed by atoms with Crippen LogP contribution in [0, 0.1) is 17.1 Å². The summed E-state index contributed by atoms with van der Waals surface area (Å²) in [5.41, 5.74) is 0.182. The molecule has 1 fully saturated rings. The first-order valence-electron chi connectivity index (χ1n) is 6.85. The molecule has 2 atom stereocenters. The zero-order valence-corrected chi connectivity index (χ0v) is 12.6. The molecule has 116 valence electrons. The van der Waals surface area contributed by atoms with Gasteiger partial charge in [-0.05, 0) is 6.92 Å². The van der Waals surface area contributed by atoms with Crippen LogP contribution in [0.3, 0.4) is 0 Å². The molecule has 2 aromatic heterocycles. The molecule has 0 bridgehead atoms. The molecule has 8 heteroatoms. The summed E-state index contributed by atoms with van der Waals surface area (Å²) in [6.45, 7) is 3.68. The summed E-state index contributed by atoms with van der Waals surface area (Å²) in [4.78, 5) is 0. The fourth-order valence-corrected chi connectivity index (χ4v) is 2.69. The lowest BCUT2D eigenvalue weighted by Gasteiger charge is -2.28. The van der Waals surface area contributed by atoms with Gasteiger partial charge in [-0.3, -0.25) is 0 Å². The zero-order chi connectivity index (χ0) is 15.7. The quantitative estimate of drug-likeness (QED) is 0.931. The number of pyridine rings is 1. The predicted molar refractivity (Wildman–Crippen MR) is 77.6 cm³/mol. The van der Waals surface area contributed by atoms with Crippen LogP contribution in [-0.2, 0) is 4.74 Å². The normalized spacial score (nSPS) is 21.7. The van der Waals surface area contributed by atoms with Crippen LogP contribution in [0.1, 0.15) is 12.6 Å². The second-order valence-electron chi connectivity index (χ2n) is 5.11. The van der Waals surface area contributed by atoms with Crippen LogP contribution in [0.15, 0.2) is 12.3 Å². The van der Waals surface area contributed by atoms with Crippen molar-refractivity contribution in [3.63, 3.8) is 0 Å². The van der Waals surface area contributed by atoms with Gasteiger partial charge in [0.2, 0.25) is 0 Å². The second-order valence-corrected chi connectivity index (χ2v) is 5.49. The smallest absolute Gasteiger partial charge is 0.170 e. The van der Waals surface area contributed by atoms with Gasteiger partial charge in [0, 0.05) is 19.2 Å². The fraction of sp³-hybridized carbons (Fsp3) is 0.429. The molecule has 3 rings (SSSR count). The Labute approximate surface area is 131 Å². The minimum Gasteiger partial charge on any atom is -0.489 e. The Morgan fingerprint density at radius 2 is 2.45 bits per heavy atom. The average molecular weight is 325 g/mol. The summed E-state index contributed by atoms with van der Waals surface area (Å²) in [7, 11) is 0. The molecule has 6 nitrogen and oxygen atoms in total. The number of ether oxygens (including phenoxy) is 2. The monoisotopic (exact) mass is 324 g/mol. The number of fused-ring (bicyclic) bond motifs is 1. The van der Waals surface area contributed by atoms with E-state index < -0.39 is 5.82 Å². The lowest BCUT2D eigenvalue weighted by atomic mass is 10.2. The van der Waals surface area contributed by atoms with E-state index in [2.05, 4.69) is 10.4 Å². The van der Waals surface area contributed by atoms with Gasteiger partial charge in [-0.15, -0.1) is 0 Å². The van der Waals surface area contributed by atoms with E-state index in [0.717, 1.165) is 17.3 Å². The van der Waals surface area contributed by atoms with Crippen LogP contribution >= 0.6 is 11.6 Å². The summed E-state index contributed by atoms with van der Waals surface area (Å²) < 4.78 is 26.3. The van der Waals surface area contributed by atoms with Gasteiger partial charge in [0.1, 0.15) is 40.8 Å². The Morgan fingerprint density at radius 3 is 3.18 bits per heavy atom. The minimum atomic E-state index is -0.601. The Hall–Kier alpha value is -1.88. The van der Waals surface area contributed by atoms with Crippen LogP contribution < -0.4 is 10.1 Å². The van der Waals surface area contributed by atoms with Gasteiger partial charge in [0.25, 0.3) is 0 Å². The highest BCUT2D eigenvalue weighted by atomic mass is 35.5. The standard InChI is InChI=1S/C14H14ClFN4O2/c1-8-4-18-5-10(22-8)7-21-12-2-9(3-17)20-14(13(12)15)11(16)6-19-20/h2,6,8,10,18H,4-5,7H2,1H3/t8-,10-/m1/s1. The van der Waals surface area contributed by atoms with Gasteiger partial charge < -0.3 is 14.8 Å². The van der Waals surface area contributed by atoms with Crippen LogP contribution in [0.5, 0.6) is 5.75 Å². The number of hydrogen-bond donors (Lipinski definition) is 1. The van der Waals surface area contributed by atoms with Crippen molar-refractivity contribution in [3.8, 4) is 11.8 Å². The van der Waals surface area contributed by atoms with Crippen LogP contribution in [0.25, 0.3) is 5.52 Å². The van der Waals surface area contributed by atoms with Crippen LogP contribution in [0.4, 0.5) is 4.39 Å². The first kappa shape index (κ1) is 15.0. The fourth-order valence-electron chi connectivity index (χ4n) is 2.41. The molecule has 1 N–H and O–H groups in total. The highest BCUT2D eigenvalue weighted by Crippen LogP contribution is 2.32. The topological polar surface area (TPSA) is 71.6 Å². The summed E-state index contributed by atoms with van der Waals surface area (Å²) in [6, 6.07) is 3.39. The maximum Gasteiger partial charge on any atom is 0.170 e. The minimum absolute atomic E-state index is 0.0340. The molecular weight excluding hydrogens is 311 g/mol. The number of aromatic nitrogens is 2. The van der Waals surface area contributed by atoms with Crippen LogP contribution in [-0.4, -0.2) is 41.5 Å². The van der Waals surface area contributed by atoms with E-state index in [0.29, 0.717) is 6.54 Å². The molecule has 22 heavy (non-hydrogen) atoms. The van der Waals surface area contributed by atoms with E-state index in [9.17, 15) is 4.39 Å². The Balaban J connectivity index is 1.86. The maximum absolute atomic E-state index is 13.8. The predicted octanol–water partition coefficient (Wildman–Crippen LogP) is 1.75. The summed E-state index contributed by atoms with van der Waals surface area (Å²) in [6.07, 6.45) is 0.986. The van der Waals surface area contributed by atoms with Gasteiger partial charge in [-0.25, -0.2) is 8.91 Å². The molecule has 0 spiro atoms. The Bertz CT molecular complexity index is 742. The molecule has 1 aliphatic heterocycles. The van der Waals surface area contributed by atoms with Crippen LogP contribution in [0.2, 0.25) is 5.02 Å². The van der Waals surface area contributed by atoms with Crippen molar-refractivity contribution in [2.45, 2.75) is 19.1 Å². The summed E-state index contributed by atoms with van der Waals surface area (Å²) >= 11 is 6.17. The van der Waals surface area contributed by atoms with Crippen molar-refractivity contribution < 1.29 is 13.9 Å². The SMILES string of the molecule is C[C@@H]1CNC[C@H](COc2cc(C#N)n3ncc(F)c3c2Cl)O1. The van der Waals surface area contributed by atoms with Crippen molar-refractivity contribution in [3.05, 3.63) is 28.8 Å².